The monoisotopic (exact) mass is 209 g/mol. The van der Waals surface area contributed by atoms with Gasteiger partial charge in [-0.1, -0.05) is 30.3 Å². The Kier molecular flexibility index (Phi) is 4.27. The molecule has 4 heteroatoms. The van der Waals surface area contributed by atoms with Crippen LogP contribution in [0.1, 0.15) is 18.0 Å². The van der Waals surface area contributed by atoms with E-state index in [0.717, 1.165) is 5.56 Å². The van der Waals surface area contributed by atoms with Crippen molar-refractivity contribution in [1.29, 1.82) is 0 Å². The normalized spacial score (nSPS) is 14.3. The quantitative estimate of drug-likeness (QED) is 0.713. The van der Waals surface area contributed by atoms with Crippen LogP contribution >= 0.6 is 0 Å². The molecular formula is C11H15NO3. The van der Waals surface area contributed by atoms with Crippen molar-refractivity contribution in [1.82, 2.24) is 0 Å². The molecule has 0 aliphatic rings. The number of ether oxygens (including phenoxy) is 1. The zero-order valence-corrected chi connectivity index (χ0v) is 8.59. The number of benzene rings is 1. The molecule has 0 aliphatic heterocycles. The molecule has 3 N–H and O–H groups in total. The van der Waals surface area contributed by atoms with Crippen molar-refractivity contribution in [3.05, 3.63) is 35.9 Å². The first-order valence-corrected chi connectivity index (χ1v) is 4.70. The van der Waals surface area contributed by atoms with E-state index in [1.54, 1.807) is 0 Å². The number of hydrogen-bond acceptors (Lipinski definition) is 4. The highest BCUT2D eigenvalue weighted by molar-refractivity contribution is 5.69. The van der Waals surface area contributed by atoms with Gasteiger partial charge in [0.15, 0.2) is 0 Å². The molecule has 0 spiro atoms. The van der Waals surface area contributed by atoms with Crippen LogP contribution in [0.3, 0.4) is 0 Å². The Hall–Kier alpha value is -1.39. The standard InChI is InChI=1S/C11H15NO3/c1-15-10(14)7-9(13)11(12)8-5-3-2-4-6-8/h2-6,9,11,13H,7,12H2,1H3/t9-,11-/m1/s1. The van der Waals surface area contributed by atoms with Gasteiger partial charge in [-0.25, -0.2) is 0 Å². The lowest BCUT2D eigenvalue weighted by Crippen LogP contribution is -2.28. The highest BCUT2D eigenvalue weighted by atomic mass is 16.5. The van der Waals surface area contributed by atoms with Crippen LogP contribution in [-0.2, 0) is 9.53 Å². The Morgan fingerprint density at radius 1 is 1.47 bits per heavy atom. The van der Waals surface area contributed by atoms with Crippen molar-refractivity contribution < 1.29 is 14.6 Å². The van der Waals surface area contributed by atoms with Gasteiger partial charge in [0, 0.05) is 0 Å². The van der Waals surface area contributed by atoms with E-state index in [2.05, 4.69) is 4.74 Å². The predicted molar refractivity (Wildman–Crippen MR) is 56.0 cm³/mol. The van der Waals surface area contributed by atoms with Gasteiger partial charge in [0.1, 0.15) is 0 Å². The molecule has 1 aromatic rings. The van der Waals surface area contributed by atoms with E-state index in [0.29, 0.717) is 0 Å². The summed E-state index contributed by atoms with van der Waals surface area (Å²) in [7, 11) is 1.28. The number of rotatable bonds is 4. The molecule has 82 valence electrons. The second-order valence-corrected chi connectivity index (χ2v) is 3.28. The first kappa shape index (κ1) is 11.7. The molecule has 1 rings (SSSR count). The van der Waals surface area contributed by atoms with Gasteiger partial charge in [-0.2, -0.15) is 0 Å². The van der Waals surface area contributed by atoms with Crippen LogP contribution in [0.4, 0.5) is 0 Å². The summed E-state index contributed by atoms with van der Waals surface area (Å²) in [5, 5.41) is 9.65. The molecule has 4 nitrogen and oxygen atoms in total. The number of carbonyl (C=O) groups excluding carboxylic acids is 1. The number of carbonyl (C=O) groups is 1. The van der Waals surface area contributed by atoms with E-state index in [-0.39, 0.29) is 6.42 Å². The largest absolute Gasteiger partial charge is 0.469 e. The summed E-state index contributed by atoms with van der Waals surface area (Å²) in [4.78, 5) is 10.9. The molecule has 0 saturated heterocycles. The third kappa shape index (κ3) is 3.34. The molecule has 0 bridgehead atoms. The molecule has 0 amide bonds. The Morgan fingerprint density at radius 3 is 2.60 bits per heavy atom. The van der Waals surface area contributed by atoms with Crippen LogP contribution in [0.15, 0.2) is 30.3 Å². The fraction of sp³-hybridized carbons (Fsp3) is 0.364. The van der Waals surface area contributed by atoms with E-state index in [4.69, 9.17) is 5.73 Å². The van der Waals surface area contributed by atoms with Crippen molar-refractivity contribution in [2.24, 2.45) is 5.73 Å². The summed E-state index contributed by atoms with van der Waals surface area (Å²) in [6.07, 6.45) is -1.01. The Labute approximate surface area is 88.7 Å². The number of nitrogens with two attached hydrogens (primary N) is 1. The SMILES string of the molecule is COC(=O)C[C@@H](O)[C@H](N)c1ccccc1. The van der Waals surface area contributed by atoms with Gasteiger partial charge in [-0.3, -0.25) is 4.79 Å². The highest BCUT2D eigenvalue weighted by Crippen LogP contribution is 2.16. The van der Waals surface area contributed by atoms with Gasteiger partial charge in [0.25, 0.3) is 0 Å². The smallest absolute Gasteiger partial charge is 0.308 e. The molecule has 0 fully saturated rings. The number of methoxy groups -OCH3 is 1. The van der Waals surface area contributed by atoms with Crippen LogP contribution < -0.4 is 5.73 Å². The molecule has 0 aliphatic carbocycles. The molecule has 0 aromatic heterocycles. The van der Waals surface area contributed by atoms with Crippen LogP contribution in [0, 0.1) is 0 Å². The van der Waals surface area contributed by atoms with Crippen molar-refractivity contribution in [2.75, 3.05) is 7.11 Å². The van der Waals surface area contributed by atoms with Gasteiger partial charge in [-0.05, 0) is 5.56 Å². The third-order valence-electron chi connectivity index (χ3n) is 2.20. The lowest BCUT2D eigenvalue weighted by Gasteiger charge is -2.17. The number of aliphatic hydroxyl groups excluding tert-OH is 1. The first-order chi connectivity index (χ1) is 7.15. The maximum absolute atomic E-state index is 10.9. The van der Waals surface area contributed by atoms with Crippen molar-refractivity contribution in [3.63, 3.8) is 0 Å². The summed E-state index contributed by atoms with van der Waals surface area (Å²) >= 11 is 0. The Bertz CT molecular complexity index is 313. The maximum Gasteiger partial charge on any atom is 0.308 e. The minimum Gasteiger partial charge on any atom is -0.469 e. The fourth-order valence-corrected chi connectivity index (χ4v) is 1.28. The minimum absolute atomic E-state index is 0.0907. The average molecular weight is 209 g/mol. The van der Waals surface area contributed by atoms with Crippen LogP contribution in [0.25, 0.3) is 0 Å². The summed E-state index contributed by atoms with van der Waals surface area (Å²) in [6.45, 7) is 0. The van der Waals surface area contributed by atoms with Crippen molar-refractivity contribution in [3.8, 4) is 0 Å². The molecule has 0 unspecified atom stereocenters. The highest BCUT2D eigenvalue weighted by Gasteiger charge is 2.19. The number of hydrogen-bond donors (Lipinski definition) is 2. The van der Waals surface area contributed by atoms with Gasteiger partial charge in [-0.15, -0.1) is 0 Å². The lowest BCUT2D eigenvalue weighted by atomic mass is 10.0. The zero-order chi connectivity index (χ0) is 11.3. The summed E-state index contributed by atoms with van der Waals surface area (Å²) in [5.41, 5.74) is 6.58. The van der Waals surface area contributed by atoms with Crippen molar-refractivity contribution in [2.45, 2.75) is 18.6 Å². The van der Waals surface area contributed by atoms with Crippen LogP contribution in [0.2, 0.25) is 0 Å². The van der Waals surface area contributed by atoms with Gasteiger partial charge in [0.05, 0.1) is 25.7 Å². The Balaban J connectivity index is 2.61. The molecule has 15 heavy (non-hydrogen) atoms. The van der Waals surface area contributed by atoms with E-state index < -0.39 is 18.1 Å². The molecule has 0 heterocycles. The molecular weight excluding hydrogens is 194 g/mol. The molecule has 0 saturated carbocycles. The summed E-state index contributed by atoms with van der Waals surface area (Å²) < 4.78 is 4.45. The molecule has 2 atom stereocenters. The first-order valence-electron chi connectivity index (χ1n) is 4.70. The second kappa shape index (κ2) is 5.48. The van der Waals surface area contributed by atoms with E-state index in [9.17, 15) is 9.90 Å². The average Bonchev–Trinajstić information content (AvgIpc) is 2.29. The minimum atomic E-state index is -0.917. The van der Waals surface area contributed by atoms with E-state index >= 15 is 0 Å². The van der Waals surface area contributed by atoms with Crippen molar-refractivity contribution >= 4 is 5.97 Å². The maximum atomic E-state index is 10.9. The van der Waals surface area contributed by atoms with Gasteiger partial charge < -0.3 is 15.6 Å². The fourth-order valence-electron chi connectivity index (χ4n) is 1.28. The molecule has 1 aromatic carbocycles. The number of esters is 1. The van der Waals surface area contributed by atoms with E-state index in [1.165, 1.54) is 7.11 Å². The summed E-state index contributed by atoms with van der Waals surface area (Å²) in [5.74, 6) is -0.464. The Morgan fingerprint density at radius 2 is 2.07 bits per heavy atom. The summed E-state index contributed by atoms with van der Waals surface area (Å²) in [6, 6.07) is 8.59. The predicted octanol–water partition coefficient (Wildman–Crippen LogP) is 0.610. The number of aliphatic hydroxyl groups is 1. The lowest BCUT2D eigenvalue weighted by molar-refractivity contribution is -0.143. The van der Waals surface area contributed by atoms with Crippen LogP contribution in [-0.4, -0.2) is 24.3 Å². The van der Waals surface area contributed by atoms with E-state index in [1.807, 2.05) is 30.3 Å². The second-order valence-electron chi connectivity index (χ2n) is 3.28. The van der Waals surface area contributed by atoms with Gasteiger partial charge in [0.2, 0.25) is 0 Å². The topological polar surface area (TPSA) is 72.5 Å². The molecule has 0 radical (unpaired) electrons. The zero-order valence-electron chi connectivity index (χ0n) is 8.59. The van der Waals surface area contributed by atoms with Crippen LogP contribution in [0.5, 0.6) is 0 Å². The van der Waals surface area contributed by atoms with Gasteiger partial charge >= 0.3 is 5.97 Å². The third-order valence-corrected chi connectivity index (χ3v) is 2.20.